The molecule has 1 saturated heterocycles. The Hall–Kier alpha value is -1.69. The fourth-order valence-corrected chi connectivity index (χ4v) is 2.13. The number of rotatable bonds is 3. The minimum Gasteiger partial charge on any atom is -0.378 e. The van der Waals surface area contributed by atoms with Crippen LogP contribution in [-0.4, -0.2) is 28.7 Å². The highest BCUT2D eigenvalue weighted by Crippen LogP contribution is 2.22. The van der Waals surface area contributed by atoms with E-state index in [1.54, 1.807) is 0 Å². The molecule has 1 N–H and O–H groups in total. The fraction of sp³-hybridized carbons (Fsp3) is 0.583. The third kappa shape index (κ3) is 2.95. The van der Waals surface area contributed by atoms with E-state index in [2.05, 4.69) is 10.3 Å². The van der Waals surface area contributed by atoms with Gasteiger partial charge in [-0.3, -0.25) is 10.1 Å². The zero-order valence-corrected chi connectivity index (χ0v) is 10.5. The molecule has 0 bridgehead atoms. The summed E-state index contributed by atoms with van der Waals surface area (Å²) in [7, 11) is 0. The smallest absolute Gasteiger partial charge is 0.287 e. The molecule has 0 aliphatic carbocycles. The number of aromatic nitrogens is 1. The first-order valence-corrected chi connectivity index (χ1v) is 6.05. The van der Waals surface area contributed by atoms with E-state index in [1.165, 1.54) is 12.3 Å². The molecule has 1 aromatic rings. The Morgan fingerprint density at radius 2 is 2.39 bits per heavy atom. The van der Waals surface area contributed by atoms with E-state index < -0.39 is 4.92 Å². The summed E-state index contributed by atoms with van der Waals surface area (Å²) in [5.41, 5.74) is 0.821. The summed E-state index contributed by atoms with van der Waals surface area (Å²) in [6.45, 7) is 4.61. The Morgan fingerprint density at radius 3 is 3.00 bits per heavy atom. The molecule has 6 heteroatoms. The zero-order chi connectivity index (χ0) is 13.1. The largest absolute Gasteiger partial charge is 0.378 e. The lowest BCUT2D eigenvalue weighted by atomic mass is 10.0. The molecule has 6 nitrogen and oxygen atoms in total. The predicted molar refractivity (Wildman–Crippen MR) is 67.7 cm³/mol. The minimum absolute atomic E-state index is 0.0263. The highest BCUT2D eigenvalue weighted by atomic mass is 16.6. The van der Waals surface area contributed by atoms with E-state index in [-0.39, 0.29) is 11.8 Å². The molecular weight excluding hydrogens is 234 g/mol. The summed E-state index contributed by atoms with van der Waals surface area (Å²) in [6, 6.07) is 1.86. The molecule has 1 aromatic heterocycles. The van der Waals surface area contributed by atoms with E-state index >= 15 is 0 Å². The Labute approximate surface area is 106 Å². The number of hydrogen-bond donors (Lipinski definition) is 1. The van der Waals surface area contributed by atoms with Gasteiger partial charge in [0.25, 0.3) is 5.69 Å². The average Bonchev–Trinajstić information content (AvgIpc) is 2.31. The van der Waals surface area contributed by atoms with Gasteiger partial charge in [-0.15, -0.1) is 0 Å². The molecule has 2 unspecified atom stereocenters. The van der Waals surface area contributed by atoms with Gasteiger partial charge in [0.05, 0.1) is 11.0 Å². The topological polar surface area (TPSA) is 77.3 Å². The molecule has 98 valence electrons. The van der Waals surface area contributed by atoms with Gasteiger partial charge in [0.1, 0.15) is 12.0 Å². The maximum Gasteiger partial charge on any atom is 0.287 e. The van der Waals surface area contributed by atoms with Crippen molar-refractivity contribution in [3.8, 4) is 0 Å². The second-order valence-electron chi connectivity index (χ2n) is 4.66. The third-order valence-electron chi connectivity index (χ3n) is 3.10. The van der Waals surface area contributed by atoms with Crippen molar-refractivity contribution in [2.75, 3.05) is 11.9 Å². The van der Waals surface area contributed by atoms with Crippen molar-refractivity contribution >= 4 is 11.5 Å². The van der Waals surface area contributed by atoms with E-state index in [0.717, 1.165) is 30.8 Å². The molecule has 0 saturated carbocycles. The average molecular weight is 251 g/mol. The first kappa shape index (κ1) is 12.8. The quantitative estimate of drug-likeness (QED) is 0.658. The van der Waals surface area contributed by atoms with Gasteiger partial charge < -0.3 is 10.1 Å². The van der Waals surface area contributed by atoms with Gasteiger partial charge in [0.2, 0.25) is 0 Å². The number of ether oxygens (including phenoxy) is 1. The molecule has 0 aromatic carbocycles. The number of aryl methyl sites for hydroxylation is 1. The van der Waals surface area contributed by atoms with Crippen LogP contribution >= 0.6 is 0 Å². The van der Waals surface area contributed by atoms with Gasteiger partial charge >= 0.3 is 0 Å². The second kappa shape index (κ2) is 5.30. The third-order valence-corrected chi connectivity index (χ3v) is 3.10. The standard InChI is InChI=1S/C12H17N3O3/c1-8-5-11(15(16)17)7-13-12(8)14-10-3-4-18-9(2)6-10/h5,7,9-10H,3-4,6H2,1-2H3,(H,13,14). The minimum atomic E-state index is -0.430. The van der Waals surface area contributed by atoms with Gasteiger partial charge in [-0.05, 0) is 32.3 Å². The van der Waals surface area contributed by atoms with E-state index in [1.807, 2.05) is 13.8 Å². The summed E-state index contributed by atoms with van der Waals surface area (Å²) in [6.07, 6.45) is 3.40. The Kier molecular flexibility index (Phi) is 3.76. The van der Waals surface area contributed by atoms with Crippen molar-refractivity contribution in [3.63, 3.8) is 0 Å². The van der Waals surface area contributed by atoms with Gasteiger partial charge in [0, 0.05) is 18.7 Å². The lowest BCUT2D eigenvalue weighted by molar-refractivity contribution is -0.385. The number of nitrogens with zero attached hydrogens (tertiary/aromatic N) is 2. The van der Waals surface area contributed by atoms with Gasteiger partial charge in [0.15, 0.2) is 0 Å². The van der Waals surface area contributed by atoms with Crippen LogP contribution in [0.3, 0.4) is 0 Å². The Bertz CT molecular complexity index is 450. The molecule has 1 aliphatic heterocycles. The maximum atomic E-state index is 10.6. The van der Waals surface area contributed by atoms with Crippen LogP contribution in [0, 0.1) is 17.0 Å². The van der Waals surface area contributed by atoms with Crippen molar-refractivity contribution in [2.45, 2.75) is 38.8 Å². The highest BCUT2D eigenvalue weighted by molar-refractivity contribution is 5.48. The predicted octanol–water partition coefficient (Wildman–Crippen LogP) is 2.28. The Morgan fingerprint density at radius 1 is 1.61 bits per heavy atom. The van der Waals surface area contributed by atoms with Crippen molar-refractivity contribution in [3.05, 3.63) is 27.9 Å². The van der Waals surface area contributed by atoms with E-state index in [9.17, 15) is 10.1 Å². The number of nitrogens with one attached hydrogen (secondary N) is 1. The number of anilines is 1. The molecule has 0 radical (unpaired) electrons. The fourth-order valence-electron chi connectivity index (χ4n) is 2.13. The van der Waals surface area contributed by atoms with Gasteiger partial charge in [-0.1, -0.05) is 0 Å². The summed E-state index contributed by atoms with van der Waals surface area (Å²) >= 11 is 0. The molecule has 2 atom stereocenters. The number of pyridine rings is 1. The van der Waals surface area contributed by atoms with Crippen LogP contribution in [0.15, 0.2) is 12.3 Å². The van der Waals surface area contributed by atoms with Crippen LogP contribution in [0.25, 0.3) is 0 Å². The lowest BCUT2D eigenvalue weighted by Crippen LogP contribution is -2.33. The van der Waals surface area contributed by atoms with E-state index in [0.29, 0.717) is 6.04 Å². The molecular formula is C12H17N3O3. The van der Waals surface area contributed by atoms with Gasteiger partial charge in [-0.25, -0.2) is 4.98 Å². The SMILES string of the molecule is Cc1cc([N+](=O)[O-])cnc1NC1CCOC(C)C1. The molecule has 2 heterocycles. The van der Waals surface area contributed by atoms with E-state index in [4.69, 9.17) is 4.74 Å². The summed E-state index contributed by atoms with van der Waals surface area (Å²) < 4.78 is 5.48. The first-order valence-electron chi connectivity index (χ1n) is 6.05. The van der Waals surface area contributed by atoms with Crippen LogP contribution in [0.1, 0.15) is 25.3 Å². The lowest BCUT2D eigenvalue weighted by Gasteiger charge is -2.28. The molecule has 18 heavy (non-hydrogen) atoms. The number of nitro groups is 1. The van der Waals surface area contributed by atoms with Crippen molar-refractivity contribution in [1.82, 2.24) is 4.98 Å². The maximum absolute atomic E-state index is 10.6. The normalized spacial score (nSPS) is 23.7. The summed E-state index contributed by atoms with van der Waals surface area (Å²) in [4.78, 5) is 14.3. The van der Waals surface area contributed by atoms with Crippen LogP contribution in [0.2, 0.25) is 0 Å². The highest BCUT2D eigenvalue weighted by Gasteiger charge is 2.20. The van der Waals surface area contributed by atoms with Crippen molar-refractivity contribution < 1.29 is 9.66 Å². The van der Waals surface area contributed by atoms with Crippen LogP contribution in [0.5, 0.6) is 0 Å². The zero-order valence-electron chi connectivity index (χ0n) is 10.5. The molecule has 0 spiro atoms. The molecule has 0 amide bonds. The molecule has 1 aliphatic rings. The van der Waals surface area contributed by atoms with Crippen molar-refractivity contribution in [1.29, 1.82) is 0 Å². The monoisotopic (exact) mass is 251 g/mol. The van der Waals surface area contributed by atoms with Crippen LogP contribution in [-0.2, 0) is 4.74 Å². The summed E-state index contributed by atoms with van der Waals surface area (Å²) in [5, 5.41) is 14.0. The molecule has 1 fully saturated rings. The summed E-state index contributed by atoms with van der Waals surface area (Å²) in [5.74, 6) is 0.722. The number of hydrogen-bond acceptors (Lipinski definition) is 5. The second-order valence-corrected chi connectivity index (χ2v) is 4.66. The van der Waals surface area contributed by atoms with Gasteiger partial charge in [-0.2, -0.15) is 0 Å². The Balaban J connectivity index is 2.07. The van der Waals surface area contributed by atoms with Crippen molar-refractivity contribution in [2.24, 2.45) is 0 Å². The molecule has 2 rings (SSSR count). The van der Waals surface area contributed by atoms with Crippen LogP contribution in [0.4, 0.5) is 11.5 Å². The first-order chi connectivity index (χ1) is 8.56. The van der Waals surface area contributed by atoms with Crippen LogP contribution < -0.4 is 5.32 Å².